The van der Waals surface area contributed by atoms with Gasteiger partial charge in [0.25, 0.3) is 0 Å². The number of nitrogens with zero attached hydrogens (tertiary/aromatic N) is 1. The quantitative estimate of drug-likeness (QED) is 0.898. The van der Waals surface area contributed by atoms with Gasteiger partial charge in [0.2, 0.25) is 0 Å². The van der Waals surface area contributed by atoms with Crippen LogP contribution in [0.2, 0.25) is 0 Å². The number of aromatic nitrogens is 1. The minimum atomic E-state index is -0.897. The zero-order valence-electron chi connectivity index (χ0n) is 11.5. The van der Waals surface area contributed by atoms with Gasteiger partial charge in [0.1, 0.15) is 0 Å². The molecule has 0 aliphatic heterocycles. The molecule has 0 saturated carbocycles. The molecule has 0 bridgehead atoms. The maximum absolute atomic E-state index is 11.0. The third-order valence-electron chi connectivity index (χ3n) is 3.12. The zero-order chi connectivity index (χ0) is 14.0. The van der Waals surface area contributed by atoms with Crippen molar-refractivity contribution in [3.8, 4) is 0 Å². The Hall–Kier alpha value is -1.81. The van der Waals surface area contributed by atoms with Crippen LogP contribution in [-0.4, -0.2) is 21.7 Å². The van der Waals surface area contributed by atoms with Gasteiger partial charge >= 0.3 is 5.97 Å². The molecule has 4 nitrogen and oxygen atoms in total. The molecule has 0 radical (unpaired) electrons. The molecule has 0 unspecified atom stereocenters. The second-order valence-electron chi connectivity index (χ2n) is 4.82. The van der Waals surface area contributed by atoms with Crippen LogP contribution in [0.15, 0.2) is 24.3 Å². The van der Waals surface area contributed by atoms with Crippen LogP contribution in [0, 0.1) is 0 Å². The molecule has 0 aliphatic carbocycles. The number of hydrogen-bond donors (Lipinski definition) is 1. The van der Waals surface area contributed by atoms with Crippen LogP contribution in [0.25, 0.3) is 10.9 Å². The van der Waals surface area contributed by atoms with E-state index < -0.39 is 5.97 Å². The van der Waals surface area contributed by atoms with Crippen molar-refractivity contribution >= 4 is 16.9 Å². The van der Waals surface area contributed by atoms with Gasteiger partial charge in [-0.3, -0.25) is 0 Å². The highest BCUT2D eigenvalue weighted by molar-refractivity contribution is 5.93. The van der Waals surface area contributed by atoms with E-state index in [9.17, 15) is 4.79 Å². The van der Waals surface area contributed by atoms with Crippen molar-refractivity contribution in [2.24, 2.45) is 0 Å². The second kappa shape index (κ2) is 5.45. The molecular weight excluding hydrogens is 242 g/mol. The number of carbonyl (C=O) groups is 1. The first kappa shape index (κ1) is 13.6. The third kappa shape index (κ3) is 2.79. The fourth-order valence-electron chi connectivity index (χ4n) is 2.19. The summed E-state index contributed by atoms with van der Waals surface area (Å²) in [5, 5.41) is 10.1. The molecular formula is C15H19NO3. The lowest BCUT2D eigenvalue weighted by atomic mass is 10.1. The normalized spacial score (nSPS) is 11.4. The van der Waals surface area contributed by atoms with E-state index in [-0.39, 0.29) is 6.10 Å². The Morgan fingerprint density at radius 3 is 2.68 bits per heavy atom. The first-order valence-corrected chi connectivity index (χ1v) is 6.50. The molecule has 4 heteroatoms. The Morgan fingerprint density at radius 1 is 1.37 bits per heavy atom. The molecule has 0 amide bonds. The maximum Gasteiger partial charge on any atom is 0.335 e. The summed E-state index contributed by atoms with van der Waals surface area (Å²) in [5.74, 6) is -0.897. The monoisotopic (exact) mass is 261 g/mol. The summed E-state index contributed by atoms with van der Waals surface area (Å²) in [6.07, 6.45) is 0.179. The van der Waals surface area contributed by atoms with Gasteiger partial charge in [-0.1, -0.05) is 6.07 Å². The molecule has 0 aliphatic rings. The van der Waals surface area contributed by atoms with Gasteiger partial charge in [-0.05, 0) is 44.4 Å². The van der Waals surface area contributed by atoms with E-state index in [1.54, 1.807) is 12.1 Å². The lowest BCUT2D eigenvalue weighted by Crippen LogP contribution is -2.07. The van der Waals surface area contributed by atoms with E-state index >= 15 is 0 Å². The van der Waals surface area contributed by atoms with E-state index in [1.807, 2.05) is 26.8 Å². The van der Waals surface area contributed by atoms with Gasteiger partial charge in [-0.2, -0.15) is 0 Å². The average molecular weight is 261 g/mol. The predicted molar refractivity (Wildman–Crippen MR) is 74.5 cm³/mol. The summed E-state index contributed by atoms with van der Waals surface area (Å²) >= 11 is 0. The van der Waals surface area contributed by atoms with Gasteiger partial charge in [-0.15, -0.1) is 0 Å². The molecule has 2 rings (SSSR count). The average Bonchev–Trinajstić information content (AvgIpc) is 2.72. The highest BCUT2D eigenvalue weighted by Crippen LogP contribution is 2.22. The largest absolute Gasteiger partial charge is 0.478 e. The molecule has 0 spiro atoms. The summed E-state index contributed by atoms with van der Waals surface area (Å²) in [5.41, 5.74) is 2.34. The second-order valence-corrected chi connectivity index (χ2v) is 4.82. The number of benzene rings is 1. The van der Waals surface area contributed by atoms with Gasteiger partial charge in [0.05, 0.1) is 18.3 Å². The summed E-state index contributed by atoms with van der Waals surface area (Å²) < 4.78 is 7.74. The van der Waals surface area contributed by atoms with Crippen LogP contribution in [0.4, 0.5) is 0 Å². The molecule has 19 heavy (non-hydrogen) atoms. The number of ether oxygens (including phenoxy) is 1. The molecule has 1 aromatic carbocycles. The van der Waals surface area contributed by atoms with Crippen LogP contribution in [0.1, 0.15) is 36.8 Å². The smallest absolute Gasteiger partial charge is 0.335 e. The van der Waals surface area contributed by atoms with E-state index in [2.05, 4.69) is 10.6 Å². The minimum Gasteiger partial charge on any atom is -0.478 e. The Bertz CT molecular complexity index is 599. The van der Waals surface area contributed by atoms with Crippen molar-refractivity contribution in [1.29, 1.82) is 0 Å². The Labute approximate surface area is 112 Å². The Kier molecular flexibility index (Phi) is 3.90. The van der Waals surface area contributed by atoms with Crippen LogP contribution < -0.4 is 0 Å². The van der Waals surface area contributed by atoms with Crippen LogP contribution >= 0.6 is 0 Å². The summed E-state index contributed by atoms with van der Waals surface area (Å²) in [4.78, 5) is 11.0. The summed E-state index contributed by atoms with van der Waals surface area (Å²) in [7, 11) is 0. The van der Waals surface area contributed by atoms with Crippen LogP contribution in [0.5, 0.6) is 0 Å². The van der Waals surface area contributed by atoms with Gasteiger partial charge < -0.3 is 14.4 Å². The number of aryl methyl sites for hydroxylation is 1. The van der Waals surface area contributed by atoms with Crippen molar-refractivity contribution in [3.63, 3.8) is 0 Å². The first-order valence-electron chi connectivity index (χ1n) is 6.50. The Morgan fingerprint density at radius 2 is 2.11 bits per heavy atom. The molecule has 0 saturated heterocycles. The lowest BCUT2D eigenvalue weighted by Gasteiger charge is -2.10. The minimum absolute atomic E-state index is 0.179. The number of carboxylic acids is 1. The van der Waals surface area contributed by atoms with E-state index in [4.69, 9.17) is 9.84 Å². The van der Waals surface area contributed by atoms with Crippen molar-refractivity contribution in [2.45, 2.75) is 40.0 Å². The van der Waals surface area contributed by atoms with Crippen molar-refractivity contribution in [1.82, 2.24) is 4.57 Å². The fraction of sp³-hybridized carbons (Fsp3) is 0.400. The maximum atomic E-state index is 11.0. The van der Waals surface area contributed by atoms with Crippen molar-refractivity contribution in [2.75, 3.05) is 0 Å². The van der Waals surface area contributed by atoms with Gasteiger partial charge in [0.15, 0.2) is 0 Å². The standard InChI is InChI=1S/C15H19NO3/c1-4-16-13(9-19-10(2)3)7-11-5-6-12(15(17)18)8-14(11)16/h5-8,10H,4,9H2,1-3H3,(H,17,18). The van der Waals surface area contributed by atoms with Crippen LogP contribution in [0.3, 0.4) is 0 Å². The number of rotatable bonds is 5. The molecule has 1 N–H and O–H groups in total. The molecule has 0 fully saturated rings. The number of hydrogen-bond acceptors (Lipinski definition) is 2. The highest BCUT2D eigenvalue weighted by atomic mass is 16.5. The molecule has 102 valence electrons. The van der Waals surface area contributed by atoms with Gasteiger partial charge in [-0.25, -0.2) is 4.79 Å². The highest BCUT2D eigenvalue weighted by Gasteiger charge is 2.11. The molecule has 0 atom stereocenters. The van der Waals surface area contributed by atoms with Crippen LogP contribution in [-0.2, 0) is 17.9 Å². The van der Waals surface area contributed by atoms with E-state index in [0.717, 1.165) is 23.1 Å². The number of aromatic carboxylic acids is 1. The molecule has 2 aromatic rings. The fourth-order valence-corrected chi connectivity index (χ4v) is 2.19. The number of carboxylic acid groups (broad SMARTS) is 1. The third-order valence-corrected chi connectivity index (χ3v) is 3.12. The van der Waals surface area contributed by atoms with E-state index in [0.29, 0.717) is 12.2 Å². The first-order chi connectivity index (χ1) is 9.02. The van der Waals surface area contributed by atoms with E-state index in [1.165, 1.54) is 0 Å². The lowest BCUT2D eigenvalue weighted by molar-refractivity contribution is 0.0620. The Balaban J connectivity index is 2.46. The number of fused-ring (bicyclic) bond motifs is 1. The van der Waals surface area contributed by atoms with Gasteiger partial charge in [0, 0.05) is 17.8 Å². The molecule has 1 heterocycles. The zero-order valence-corrected chi connectivity index (χ0v) is 11.5. The van der Waals surface area contributed by atoms with Crippen molar-refractivity contribution in [3.05, 3.63) is 35.5 Å². The summed E-state index contributed by atoms with van der Waals surface area (Å²) in [6.45, 7) is 7.39. The molecule has 1 aromatic heterocycles. The van der Waals surface area contributed by atoms with Crippen molar-refractivity contribution < 1.29 is 14.6 Å². The topological polar surface area (TPSA) is 51.5 Å². The SMILES string of the molecule is CCn1c(COC(C)C)cc2ccc(C(=O)O)cc21. The summed E-state index contributed by atoms with van der Waals surface area (Å²) in [6, 6.07) is 7.27. The predicted octanol–water partition coefficient (Wildman–Crippen LogP) is 3.28.